The molecule has 1 aromatic heterocycles. The van der Waals surface area contributed by atoms with Crippen LogP contribution in [-0.2, 0) is 6.54 Å². The molecule has 1 aromatic carbocycles. The van der Waals surface area contributed by atoms with Crippen LogP contribution in [0.1, 0.15) is 18.4 Å². The third-order valence-corrected chi connectivity index (χ3v) is 3.97. The van der Waals surface area contributed by atoms with Gasteiger partial charge in [-0.2, -0.15) is 0 Å². The summed E-state index contributed by atoms with van der Waals surface area (Å²) in [5, 5.41) is 4.53. The van der Waals surface area contributed by atoms with Crippen molar-refractivity contribution in [2.45, 2.75) is 25.4 Å². The third kappa shape index (κ3) is 4.33. The number of benzene rings is 1. The van der Waals surface area contributed by atoms with E-state index in [1.807, 2.05) is 6.07 Å². The van der Waals surface area contributed by atoms with Gasteiger partial charge < -0.3 is 10.1 Å². The first-order valence-corrected chi connectivity index (χ1v) is 8.17. The molecule has 0 bridgehead atoms. The SMILES string of the molecule is Clc1cc(Cl)cc(Oc2ncc(Br)cc2CNC2CC2)c1. The Morgan fingerprint density at radius 2 is 1.90 bits per heavy atom. The van der Waals surface area contributed by atoms with Gasteiger partial charge in [0.05, 0.1) is 0 Å². The van der Waals surface area contributed by atoms with Gasteiger partial charge in [-0.3, -0.25) is 0 Å². The molecule has 110 valence electrons. The summed E-state index contributed by atoms with van der Waals surface area (Å²) in [7, 11) is 0. The first kappa shape index (κ1) is 15.1. The van der Waals surface area contributed by atoms with Crippen molar-refractivity contribution in [3.8, 4) is 11.6 Å². The zero-order valence-electron chi connectivity index (χ0n) is 11.1. The highest BCUT2D eigenvalue weighted by molar-refractivity contribution is 9.10. The molecule has 0 aliphatic heterocycles. The van der Waals surface area contributed by atoms with Crippen LogP contribution in [0.3, 0.4) is 0 Å². The fourth-order valence-electron chi connectivity index (χ4n) is 1.93. The highest BCUT2D eigenvalue weighted by Gasteiger charge is 2.21. The number of hydrogen-bond donors (Lipinski definition) is 1. The molecule has 1 heterocycles. The number of aromatic nitrogens is 1. The molecule has 2 aromatic rings. The third-order valence-electron chi connectivity index (χ3n) is 3.10. The average molecular weight is 388 g/mol. The minimum Gasteiger partial charge on any atom is -0.439 e. The van der Waals surface area contributed by atoms with Crippen molar-refractivity contribution < 1.29 is 4.74 Å². The molecule has 3 rings (SSSR count). The molecule has 0 atom stereocenters. The maximum absolute atomic E-state index is 5.99. The monoisotopic (exact) mass is 386 g/mol. The van der Waals surface area contributed by atoms with E-state index >= 15 is 0 Å². The molecule has 21 heavy (non-hydrogen) atoms. The van der Waals surface area contributed by atoms with Gasteiger partial charge in [-0.25, -0.2) is 4.98 Å². The Labute approximate surface area is 141 Å². The maximum atomic E-state index is 5.99. The fourth-order valence-corrected chi connectivity index (χ4v) is 2.81. The van der Waals surface area contributed by atoms with Gasteiger partial charge >= 0.3 is 0 Å². The van der Waals surface area contributed by atoms with E-state index in [9.17, 15) is 0 Å². The lowest BCUT2D eigenvalue weighted by molar-refractivity contribution is 0.452. The van der Waals surface area contributed by atoms with Crippen molar-refractivity contribution in [1.29, 1.82) is 0 Å². The average Bonchev–Trinajstić information content (AvgIpc) is 3.22. The number of hydrogen-bond acceptors (Lipinski definition) is 3. The summed E-state index contributed by atoms with van der Waals surface area (Å²) in [6.45, 7) is 0.723. The molecule has 1 aliphatic rings. The lowest BCUT2D eigenvalue weighted by Gasteiger charge is -2.11. The van der Waals surface area contributed by atoms with E-state index in [0.717, 1.165) is 16.6 Å². The molecular weight excluding hydrogens is 375 g/mol. The smallest absolute Gasteiger partial charge is 0.223 e. The summed E-state index contributed by atoms with van der Waals surface area (Å²) in [5.41, 5.74) is 0.993. The van der Waals surface area contributed by atoms with Crippen molar-refractivity contribution in [1.82, 2.24) is 10.3 Å². The number of nitrogens with one attached hydrogen (secondary N) is 1. The zero-order valence-corrected chi connectivity index (χ0v) is 14.2. The van der Waals surface area contributed by atoms with Crippen LogP contribution >= 0.6 is 39.1 Å². The summed E-state index contributed by atoms with van der Waals surface area (Å²) in [5.74, 6) is 1.14. The van der Waals surface area contributed by atoms with Crippen LogP contribution in [0.5, 0.6) is 11.6 Å². The van der Waals surface area contributed by atoms with Crippen LogP contribution in [-0.4, -0.2) is 11.0 Å². The molecule has 1 aliphatic carbocycles. The van der Waals surface area contributed by atoms with Crippen LogP contribution in [0.15, 0.2) is 34.9 Å². The second-order valence-electron chi connectivity index (χ2n) is 4.98. The van der Waals surface area contributed by atoms with Gasteiger partial charge in [0.2, 0.25) is 5.88 Å². The molecule has 0 spiro atoms. The summed E-state index contributed by atoms with van der Waals surface area (Å²) in [6.07, 6.45) is 4.19. The van der Waals surface area contributed by atoms with E-state index in [4.69, 9.17) is 27.9 Å². The lowest BCUT2D eigenvalue weighted by atomic mass is 10.2. The maximum Gasteiger partial charge on any atom is 0.223 e. The summed E-state index contributed by atoms with van der Waals surface area (Å²) in [4.78, 5) is 4.34. The first-order valence-electron chi connectivity index (χ1n) is 6.62. The summed E-state index contributed by atoms with van der Waals surface area (Å²) in [6, 6.07) is 7.73. The van der Waals surface area contributed by atoms with E-state index in [1.165, 1.54) is 12.8 Å². The van der Waals surface area contributed by atoms with Crippen LogP contribution in [0.4, 0.5) is 0 Å². The Hall–Kier alpha value is -0.810. The Bertz CT molecular complexity index is 642. The van der Waals surface area contributed by atoms with E-state index in [1.54, 1.807) is 24.4 Å². The van der Waals surface area contributed by atoms with E-state index in [0.29, 0.717) is 27.7 Å². The number of pyridine rings is 1. The quantitative estimate of drug-likeness (QED) is 0.765. The predicted molar refractivity (Wildman–Crippen MR) is 88.3 cm³/mol. The molecule has 1 N–H and O–H groups in total. The van der Waals surface area contributed by atoms with Crippen LogP contribution < -0.4 is 10.1 Å². The molecule has 1 saturated carbocycles. The van der Waals surface area contributed by atoms with Gasteiger partial charge in [0.15, 0.2) is 0 Å². The Morgan fingerprint density at radius 3 is 2.57 bits per heavy atom. The Morgan fingerprint density at radius 1 is 1.19 bits per heavy atom. The number of nitrogens with zero attached hydrogens (tertiary/aromatic N) is 1. The second-order valence-corrected chi connectivity index (χ2v) is 6.77. The fraction of sp³-hybridized carbons (Fsp3) is 0.267. The first-order chi connectivity index (χ1) is 10.1. The van der Waals surface area contributed by atoms with Crippen molar-refractivity contribution in [3.05, 3.63) is 50.5 Å². The minimum absolute atomic E-state index is 0.535. The minimum atomic E-state index is 0.535. The molecular formula is C15H13BrCl2N2O. The van der Waals surface area contributed by atoms with Crippen molar-refractivity contribution in [3.63, 3.8) is 0 Å². The predicted octanol–water partition coefficient (Wildman–Crippen LogP) is 5.20. The topological polar surface area (TPSA) is 34.1 Å². The standard InChI is InChI=1S/C15H13BrCl2N2O/c16-10-3-9(7-19-13-1-2-13)15(20-8-10)21-14-5-11(17)4-12(18)6-14/h3-6,8,13,19H,1-2,7H2. The van der Waals surface area contributed by atoms with E-state index in [-0.39, 0.29) is 0 Å². The normalized spacial score (nSPS) is 14.2. The van der Waals surface area contributed by atoms with Gasteiger partial charge in [-0.1, -0.05) is 23.2 Å². The van der Waals surface area contributed by atoms with Crippen molar-refractivity contribution in [2.24, 2.45) is 0 Å². The zero-order chi connectivity index (χ0) is 14.8. The largest absolute Gasteiger partial charge is 0.439 e. The van der Waals surface area contributed by atoms with Gasteiger partial charge in [-0.15, -0.1) is 0 Å². The summed E-state index contributed by atoms with van der Waals surface area (Å²) < 4.78 is 6.76. The molecule has 3 nitrogen and oxygen atoms in total. The molecule has 1 fully saturated rings. The Balaban J connectivity index is 1.82. The Kier molecular flexibility index (Phi) is 4.69. The molecule has 0 radical (unpaired) electrons. The molecule has 0 unspecified atom stereocenters. The van der Waals surface area contributed by atoms with Crippen LogP contribution in [0.25, 0.3) is 0 Å². The summed E-state index contributed by atoms with van der Waals surface area (Å²) >= 11 is 15.4. The van der Waals surface area contributed by atoms with Gasteiger partial charge in [0.25, 0.3) is 0 Å². The van der Waals surface area contributed by atoms with Crippen molar-refractivity contribution >= 4 is 39.1 Å². The van der Waals surface area contributed by atoms with Gasteiger partial charge in [-0.05, 0) is 53.0 Å². The van der Waals surface area contributed by atoms with Crippen LogP contribution in [0, 0.1) is 0 Å². The molecule has 0 saturated heterocycles. The van der Waals surface area contributed by atoms with Gasteiger partial charge in [0.1, 0.15) is 5.75 Å². The van der Waals surface area contributed by atoms with Gasteiger partial charge in [0, 0.05) is 38.9 Å². The van der Waals surface area contributed by atoms with Crippen molar-refractivity contribution in [2.75, 3.05) is 0 Å². The van der Waals surface area contributed by atoms with E-state index in [2.05, 4.69) is 26.2 Å². The number of ether oxygens (including phenoxy) is 1. The number of rotatable bonds is 5. The molecule has 6 heteroatoms. The highest BCUT2D eigenvalue weighted by atomic mass is 79.9. The highest BCUT2D eigenvalue weighted by Crippen LogP contribution is 2.30. The number of halogens is 3. The second kappa shape index (κ2) is 6.53. The van der Waals surface area contributed by atoms with Crippen LogP contribution in [0.2, 0.25) is 10.0 Å². The molecule has 0 amide bonds. The van der Waals surface area contributed by atoms with E-state index < -0.39 is 0 Å². The lowest BCUT2D eigenvalue weighted by Crippen LogP contribution is -2.16.